The highest BCUT2D eigenvalue weighted by molar-refractivity contribution is 5.61. The van der Waals surface area contributed by atoms with Gasteiger partial charge >= 0.3 is 0 Å². The molecule has 0 aromatic carbocycles. The summed E-state index contributed by atoms with van der Waals surface area (Å²) in [6.45, 7) is 1.90. The van der Waals surface area contributed by atoms with Crippen molar-refractivity contribution in [3.8, 4) is 0 Å². The molecule has 0 atom stereocenters. The molecule has 0 amide bonds. The number of nitrogens with one attached hydrogen (secondary N) is 1. The van der Waals surface area contributed by atoms with Gasteiger partial charge in [-0.15, -0.1) is 0 Å². The van der Waals surface area contributed by atoms with Gasteiger partial charge in [-0.2, -0.15) is 0 Å². The third-order valence-electron chi connectivity index (χ3n) is 2.90. The zero-order valence-electron chi connectivity index (χ0n) is 9.61. The third-order valence-corrected chi connectivity index (χ3v) is 2.90. The molecule has 2 rings (SSSR count). The van der Waals surface area contributed by atoms with Crippen molar-refractivity contribution in [1.82, 2.24) is 9.88 Å². The van der Waals surface area contributed by atoms with Gasteiger partial charge in [-0.1, -0.05) is 0 Å². The molecular weight excluding hydrogens is 202 g/mol. The number of nitrogens with zero attached hydrogens (tertiary/aromatic N) is 2. The highest BCUT2D eigenvalue weighted by Crippen LogP contribution is 2.24. The van der Waals surface area contributed by atoms with E-state index in [0.29, 0.717) is 11.5 Å². The van der Waals surface area contributed by atoms with Crippen LogP contribution < -0.4 is 16.8 Å². The first-order chi connectivity index (χ1) is 7.66. The van der Waals surface area contributed by atoms with Crippen molar-refractivity contribution in [2.45, 2.75) is 18.9 Å². The summed E-state index contributed by atoms with van der Waals surface area (Å²) in [5, 5.41) is 3.24. The summed E-state index contributed by atoms with van der Waals surface area (Å²) in [4.78, 5) is 6.52. The summed E-state index contributed by atoms with van der Waals surface area (Å²) in [7, 11) is 2.16. The average molecular weight is 221 g/mol. The minimum Gasteiger partial charge on any atom is -0.396 e. The second-order valence-corrected chi connectivity index (χ2v) is 4.31. The van der Waals surface area contributed by atoms with Crippen LogP contribution in [0.5, 0.6) is 0 Å². The third kappa shape index (κ3) is 2.76. The molecule has 88 valence electrons. The van der Waals surface area contributed by atoms with Crippen LogP contribution in [0.15, 0.2) is 12.1 Å². The lowest BCUT2D eigenvalue weighted by Crippen LogP contribution is -2.27. The van der Waals surface area contributed by atoms with Crippen LogP contribution >= 0.6 is 0 Å². The van der Waals surface area contributed by atoms with Crippen molar-refractivity contribution >= 4 is 17.3 Å². The molecule has 0 spiro atoms. The Kier molecular flexibility index (Phi) is 3.14. The minimum atomic E-state index is 0.389. The quantitative estimate of drug-likeness (QED) is 0.683. The fourth-order valence-electron chi connectivity index (χ4n) is 1.64. The maximum atomic E-state index is 5.62. The van der Waals surface area contributed by atoms with E-state index in [4.69, 9.17) is 11.5 Å². The van der Waals surface area contributed by atoms with Crippen molar-refractivity contribution < 1.29 is 0 Å². The molecule has 1 aromatic rings. The number of rotatable bonds is 5. The Morgan fingerprint density at radius 3 is 2.81 bits per heavy atom. The van der Waals surface area contributed by atoms with E-state index in [2.05, 4.69) is 22.2 Å². The lowest BCUT2D eigenvalue weighted by Gasteiger charge is -2.16. The smallest absolute Gasteiger partial charge is 0.149 e. The Labute approximate surface area is 95.8 Å². The number of anilines is 3. The Morgan fingerprint density at radius 2 is 2.19 bits per heavy atom. The fourth-order valence-corrected chi connectivity index (χ4v) is 1.64. The molecule has 1 saturated carbocycles. The van der Waals surface area contributed by atoms with Gasteiger partial charge in [0.15, 0.2) is 0 Å². The zero-order valence-corrected chi connectivity index (χ0v) is 9.61. The number of likely N-dealkylation sites (N-methyl/N-ethyl adjacent to an activating group) is 1. The SMILES string of the molecule is CN(CCNc1ccc(N)c(N)n1)C1CC1. The van der Waals surface area contributed by atoms with Crippen LogP contribution in [0.4, 0.5) is 17.3 Å². The molecule has 1 fully saturated rings. The van der Waals surface area contributed by atoms with E-state index in [1.54, 1.807) is 6.07 Å². The van der Waals surface area contributed by atoms with Gasteiger partial charge in [0.1, 0.15) is 11.6 Å². The van der Waals surface area contributed by atoms with Gasteiger partial charge in [0.05, 0.1) is 5.69 Å². The van der Waals surface area contributed by atoms with E-state index in [1.807, 2.05) is 6.07 Å². The van der Waals surface area contributed by atoms with E-state index in [-0.39, 0.29) is 0 Å². The minimum absolute atomic E-state index is 0.389. The summed E-state index contributed by atoms with van der Waals surface area (Å²) >= 11 is 0. The van der Waals surface area contributed by atoms with Gasteiger partial charge in [0.25, 0.3) is 0 Å². The average Bonchev–Trinajstić information content (AvgIpc) is 3.07. The van der Waals surface area contributed by atoms with Crippen LogP contribution in [0, 0.1) is 0 Å². The maximum absolute atomic E-state index is 5.62. The van der Waals surface area contributed by atoms with Crippen LogP contribution in [0.1, 0.15) is 12.8 Å². The van der Waals surface area contributed by atoms with E-state index < -0.39 is 0 Å². The van der Waals surface area contributed by atoms with Gasteiger partial charge in [0, 0.05) is 19.1 Å². The van der Waals surface area contributed by atoms with Gasteiger partial charge in [-0.05, 0) is 32.0 Å². The molecule has 1 aliphatic rings. The first-order valence-electron chi connectivity index (χ1n) is 5.63. The number of hydrogen-bond donors (Lipinski definition) is 3. The van der Waals surface area contributed by atoms with E-state index in [0.717, 1.165) is 24.9 Å². The molecule has 1 aliphatic carbocycles. The molecule has 5 N–H and O–H groups in total. The molecule has 0 radical (unpaired) electrons. The molecule has 0 unspecified atom stereocenters. The van der Waals surface area contributed by atoms with Crippen LogP contribution in [-0.4, -0.2) is 36.1 Å². The summed E-state index contributed by atoms with van der Waals surface area (Å²) < 4.78 is 0. The Morgan fingerprint density at radius 1 is 1.44 bits per heavy atom. The topological polar surface area (TPSA) is 80.2 Å². The number of nitrogens with two attached hydrogens (primary N) is 2. The van der Waals surface area contributed by atoms with E-state index in [9.17, 15) is 0 Å². The number of aromatic nitrogens is 1. The van der Waals surface area contributed by atoms with Crippen molar-refractivity contribution in [3.05, 3.63) is 12.1 Å². The summed E-state index contributed by atoms with van der Waals surface area (Å²) in [5.74, 6) is 1.18. The van der Waals surface area contributed by atoms with Gasteiger partial charge < -0.3 is 21.7 Å². The molecular formula is C11H19N5. The first kappa shape index (κ1) is 11.0. The van der Waals surface area contributed by atoms with Gasteiger partial charge in [-0.25, -0.2) is 4.98 Å². The normalized spacial score (nSPS) is 15.4. The predicted octanol–water partition coefficient (Wildman–Crippen LogP) is 0.752. The van der Waals surface area contributed by atoms with Crippen LogP contribution in [-0.2, 0) is 0 Å². The number of hydrogen-bond acceptors (Lipinski definition) is 5. The van der Waals surface area contributed by atoms with Crippen molar-refractivity contribution in [3.63, 3.8) is 0 Å². The fraction of sp³-hybridized carbons (Fsp3) is 0.545. The van der Waals surface area contributed by atoms with Crippen LogP contribution in [0.25, 0.3) is 0 Å². The monoisotopic (exact) mass is 221 g/mol. The maximum Gasteiger partial charge on any atom is 0.149 e. The lowest BCUT2D eigenvalue weighted by atomic mass is 10.4. The Balaban J connectivity index is 1.78. The molecule has 1 heterocycles. The first-order valence-corrected chi connectivity index (χ1v) is 5.63. The molecule has 0 bridgehead atoms. The molecule has 5 heteroatoms. The number of nitrogen functional groups attached to an aromatic ring is 2. The molecule has 5 nitrogen and oxygen atoms in total. The van der Waals surface area contributed by atoms with E-state index >= 15 is 0 Å². The summed E-state index contributed by atoms with van der Waals surface area (Å²) in [5.41, 5.74) is 11.7. The van der Waals surface area contributed by atoms with Gasteiger partial charge in [-0.3, -0.25) is 0 Å². The van der Waals surface area contributed by atoms with Crippen LogP contribution in [0.2, 0.25) is 0 Å². The molecule has 0 aliphatic heterocycles. The van der Waals surface area contributed by atoms with E-state index in [1.165, 1.54) is 12.8 Å². The molecule has 0 saturated heterocycles. The largest absolute Gasteiger partial charge is 0.396 e. The Hall–Kier alpha value is -1.49. The predicted molar refractivity (Wildman–Crippen MR) is 67.2 cm³/mol. The highest BCUT2D eigenvalue weighted by Gasteiger charge is 2.25. The summed E-state index contributed by atoms with van der Waals surface area (Å²) in [6, 6.07) is 4.42. The number of pyridine rings is 1. The second-order valence-electron chi connectivity index (χ2n) is 4.31. The summed E-state index contributed by atoms with van der Waals surface area (Å²) in [6.07, 6.45) is 2.67. The Bertz CT molecular complexity index is 361. The van der Waals surface area contributed by atoms with Gasteiger partial charge in [0.2, 0.25) is 0 Å². The highest BCUT2D eigenvalue weighted by atomic mass is 15.2. The van der Waals surface area contributed by atoms with Crippen LogP contribution in [0.3, 0.4) is 0 Å². The van der Waals surface area contributed by atoms with Crippen molar-refractivity contribution in [1.29, 1.82) is 0 Å². The molecule has 16 heavy (non-hydrogen) atoms. The zero-order chi connectivity index (χ0) is 11.5. The molecule has 1 aromatic heterocycles. The van der Waals surface area contributed by atoms with Crippen molar-refractivity contribution in [2.24, 2.45) is 0 Å². The second kappa shape index (κ2) is 4.57. The lowest BCUT2D eigenvalue weighted by molar-refractivity contribution is 0.337. The van der Waals surface area contributed by atoms with Crippen molar-refractivity contribution in [2.75, 3.05) is 36.9 Å². The standard InChI is InChI=1S/C11H19N5/c1-16(8-2-3-8)7-6-14-10-5-4-9(12)11(13)15-10/h4-5,8H,2-3,6-7,12H2,1H3,(H3,13,14,15).